The highest BCUT2D eigenvalue weighted by molar-refractivity contribution is 5.63. The fourth-order valence-corrected chi connectivity index (χ4v) is 4.46. The first kappa shape index (κ1) is 20.8. The summed E-state index contributed by atoms with van der Waals surface area (Å²) in [6.07, 6.45) is 3.10. The van der Waals surface area contributed by atoms with Gasteiger partial charge in [0.15, 0.2) is 5.69 Å². The Labute approximate surface area is 177 Å². The van der Waals surface area contributed by atoms with Crippen LogP contribution in [0.25, 0.3) is 23.0 Å². The average Bonchev–Trinajstić information content (AvgIpc) is 3.29. The highest BCUT2D eigenvalue weighted by atomic mass is 16.5. The molecule has 0 radical (unpaired) electrons. The molecule has 0 saturated carbocycles. The van der Waals surface area contributed by atoms with Gasteiger partial charge in [0.05, 0.1) is 6.10 Å². The smallest absolute Gasteiger partial charge is 0.279 e. The maximum atomic E-state index is 9.93. The lowest BCUT2D eigenvalue weighted by molar-refractivity contribution is 0.183. The lowest BCUT2D eigenvalue weighted by atomic mass is 9.76. The van der Waals surface area contributed by atoms with Gasteiger partial charge in [-0.25, -0.2) is 0 Å². The van der Waals surface area contributed by atoms with E-state index in [9.17, 15) is 5.11 Å². The second-order valence-corrected chi connectivity index (χ2v) is 9.34. The monoisotopic (exact) mass is 409 g/mol. The van der Waals surface area contributed by atoms with E-state index in [1.54, 1.807) is 0 Å². The molecule has 2 aromatic heterocycles. The Morgan fingerprint density at radius 3 is 2.63 bits per heavy atom. The second kappa shape index (κ2) is 7.63. The van der Waals surface area contributed by atoms with Gasteiger partial charge >= 0.3 is 0 Å². The number of aromatic nitrogens is 4. The molecule has 0 spiro atoms. The third-order valence-electron chi connectivity index (χ3n) is 6.27. The lowest BCUT2D eigenvalue weighted by Gasteiger charge is -2.29. The van der Waals surface area contributed by atoms with E-state index in [2.05, 4.69) is 24.0 Å². The van der Waals surface area contributed by atoms with Crippen LogP contribution in [0, 0.1) is 19.3 Å². The van der Waals surface area contributed by atoms with Crippen molar-refractivity contribution in [3.8, 4) is 23.0 Å². The molecule has 0 fully saturated rings. The summed E-state index contributed by atoms with van der Waals surface area (Å²) in [7, 11) is 1.99. The minimum atomic E-state index is -0.537. The van der Waals surface area contributed by atoms with Crippen LogP contribution in [0.5, 0.6) is 0 Å². The quantitative estimate of drug-likeness (QED) is 0.671. The number of aliphatic hydroxyl groups excluding tert-OH is 1. The van der Waals surface area contributed by atoms with E-state index in [-0.39, 0.29) is 12.0 Å². The van der Waals surface area contributed by atoms with Crippen molar-refractivity contribution in [3.05, 3.63) is 40.1 Å². The zero-order valence-electron chi connectivity index (χ0n) is 18.5. The minimum Gasteiger partial charge on any atom is -0.391 e. The molecule has 0 amide bonds. The maximum absolute atomic E-state index is 9.93. The van der Waals surface area contributed by atoms with Crippen LogP contribution in [0.2, 0.25) is 0 Å². The fraction of sp³-hybridized carbons (Fsp3) is 0.522. The standard InChI is InChI=1S/C23H31N5O2/c1-13-8-15(9-14(2)18(13)10-16(29)12-24)21-25-22(30-27-21)20-17-6-7-23(3,4)11-19(17)28(5)26-20/h8-9,16,29H,6-7,10-12,24H2,1-5H3. The number of nitrogens with zero attached hydrogens (tertiary/aromatic N) is 4. The van der Waals surface area contributed by atoms with E-state index in [0.29, 0.717) is 18.1 Å². The zero-order valence-corrected chi connectivity index (χ0v) is 18.5. The average molecular weight is 410 g/mol. The summed E-state index contributed by atoms with van der Waals surface area (Å²) < 4.78 is 7.59. The number of rotatable bonds is 5. The topological polar surface area (TPSA) is 103 Å². The Kier molecular flexibility index (Phi) is 5.28. The summed E-state index contributed by atoms with van der Waals surface area (Å²) in [6.45, 7) is 8.92. The lowest BCUT2D eigenvalue weighted by Crippen LogP contribution is -2.23. The van der Waals surface area contributed by atoms with Gasteiger partial charge < -0.3 is 15.4 Å². The summed E-state index contributed by atoms with van der Waals surface area (Å²) in [5, 5.41) is 18.9. The molecule has 3 aromatic rings. The first-order valence-electron chi connectivity index (χ1n) is 10.6. The van der Waals surface area contributed by atoms with Crippen LogP contribution in [0.3, 0.4) is 0 Å². The second-order valence-electron chi connectivity index (χ2n) is 9.34. The fourth-order valence-electron chi connectivity index (χ4n) is 4.46. The van der Waals surface area contributed by atoms with Crippen molar-refractivity contribution >= 4 is 0 Å². The molecule has 7 nitrogen and oxygen atoms in total. The largest absolute Gasteiger partial charge is 0.391 e. The van der Waals surface area contributed by atoms with Crippen molar-refractivity contribution < 1.29 is 9.63 Å². The van der Waals surface area contributed by atoms with Crippen molar-refractivity contribution in [1.29, 1.82) is 0 Å². The normalized spacial score (nSPS) is 16.5. The van der Waals surface area contributed by atoms with Crippen LogP contribution in [0.15, 0.2) is 16.7 Å². The summed E-state index contributed by atoms with van der Waals surface area (Å²) >= 11 is 0. The van der Waals surface area contributed by atoms with Gasteiger partial charge in [-0.05, 0) is 67.3 Å². The van der Waals surface area contributed by atoms with E-state index < -0.39 is 6.10 Å². The Morgan fingerprint density at radius 2 is 1.97 bits per heavy atom. The Balaban J connectivity index is 1.66. The molecule has 4 rings (SSSR count). The molecule has 0 bridgehead atoms. The number of aryl methyl sites for hydroxylation is 3. The summed E-state index contributed by atoms with van der Waals surface area (Å²) in [5.41, 5.74) is 13.3. The van der Waals surface area contributed by atoms with E-state index >= 15 is 0 Å². The van der Waals surface area contributed by atoms with E-state index in [1.807, 2.05) is 37.7 Å². The SMILES string of the molecule is Cc1cc(-c2noc(-c3nn(C)c4c3CCC(C)(C)C4)n2)cc(C)c1CC(O)CN. The number of aliphatic hydroxyl groups is 1. The maximum Gasteiger partial charge on any atom is 0.279 e. The number of fused-ring (bicyclic) bond motifs is 1. The predicted octanol–water partition coefficient (Wildman–Crippen LogP) is 3.13. The van der Waals surface area contributed by atoms with Gasteiger partial charge in [-0.2, -0.15) is 10.1 Å². The summed E-state index contributed by atoms with van der Waals surface area (Å²) in [4.78, 5) is 4.67. The predicted molar refractivity (Wildman–Crippen MR) is 116 cm³/mol. The van der Waals surface area contributed by atoms with Crippen molar-refractivity contribution in [2.75, 3.05) is 6.54 Å². The molecule has 1 unspecified atom stereocenters. The molecule has 1 atom stereocenters. The van der Waals surface area contributed by atoms with Gasteiger partial charge in [0.2, 0.25) is 5.82 Å². The van der Waals surface area contributed by atoms with Crippen LogP contribution < -0.4 is 5.73 Å². The number of hydrogen-bond donors (Lipinski definition) is 2. The van der Waals surface area contributed by atoms with Crippen LogP contribution in [0.1, 0.15) is 48.2 Å². The molecule has 2 heterocycles. The first-order chi connectivity index (χ1) is 14.2. The molecule has 0 saturated heterocycles. The molecule has 1 aliphatic carbocycles. The van der Waals surface area contributed by atoms with Crippen molar-refractivity contribution in [3.63, 3.8) is 0 Å². The summed E-state index contributed by atoms with van der Waals surface area (Å²) in [6, 6.07) is 4.08. The van der Waals surface area contributed by atoms with Gasteiger partial charge in [0.1, 0.15) is 0 Å². The van der Waals surface area contributed by atoms with Crippen LogP contribution in [0.4, 0.5) is 0 Å². The highest BCUT2D eigenvalue weighted by Gasteiger charge is 2.32. The zero-order chi connectivity index (χ0) is 21.6. The van der Waals surface area contributed by atoms with Crippen LogP contribution >= 0.6 is 0 Å². The van der Waals surface area contributed by atoms with Gasteiger partial charge in [0, 0.05) is 36.8 Å². The van der Waals surface area contributed by atoms with E-state index in [4.69, 9.17) is 15.4 Å². The highest BCUT2D eigenvalue weighted by Crippen LogP contribution is 2.38. The molecule has 0 aliphatic heterocycles. The molecular weight excluding hydrogens is 378 g/mol. The van der Waals surface area contributed by atoms with Gasteiger partial charge in [-0.1, -0.05) is 19.0 Å². The van der Waals surface area contributed by atoms with E-state index in [0.717, 1.165) is 47.2 Å². The number of hydrogen-bond acceptors (Lipinski definition) is 6. The molecule has 30 heavy (non-hydrogen) atoms. The van der Waals surface area contributed by atoms with Crippen LogP contribution in [-0.4, -0.2) is 37.7 Å². The minimum absolute atomic E-state index is 0.250. The molecule has 7 heteroatoms. The van der Waals surface area contributed by atoms with Crippen molar-refractivity contribution in [1.82, 2.24) is 19.9 Å². The third-order valence-corrected chi connectivity index (χ3v) is 6.27. The van der Waals surface area contributed by atoms with Gasteiger partial charge in [-0.3, -0.25) is 4.68 Å². The molecule has 1 aliphatic rings. The van der Waals surface area contributed by atoms with Crippen molar-refractivity contribution in [2.24, 2.45) is 18.2 Å². The Morgan fingerprint density at radius 1 is 1.27 bits per heavy atom. The molecule has 3 N–H and O–H groups in total. The third kappa shape index (κ3) is 3.79. The van der Waals surface area contributed by atoms with Crippen molar-refractivity contribution in [2.45, 2.75) is 59.5 Å². The molecular formula is C23H31N5O2. The van der Waals surface area contributed by atoms with Crippen LogP contribution in [-0.2, 0) is 26.3 Å². The van der Waals surface area contributed by atoms with Gasteiger partial charge in [0.25, 0.3) is 5.89 Å². The Hall–Kier alpha value is -2.51. The Bertz CT molecular complexity index is 1060. The molecule has 1 aromatic carbocycles. The molecule has 160 valence electrons. The van der Waals surface area contributed by atoms with E-state index in [1.165, 1.54) is 11.3 Å². The van der Waals surface area contributed by atoms with Gasteiger partial charge in [-0.15, -0.1) is 0 Å². The number of nitrogens with two attached hydrogens (primary N) is 1. The number of benzene rings is 1. The first-order valence-corrected chi connectivity index (χ1v) is 10.6. The summed E-state index contributed by atoms with van der Waals surface area (Å²) in [5.74, 6) is 1.03.